The van der Waals surface area contributed by atoms with E-state index in [9.17, 15) is 8.42 Å². The molecule has 1 saturated carbocycles. The van der Waals surface area contributed by atoms with Gasteiger partial charge in [0.15, 0.2) is 0 Å². The summed E-state index contributed by atoms with van der Waals surface area (Å²) in [6.07, 6.45) is 6.37. The first kappa shape index (κ1) is 9.46. The van der Waals surface area contributed by atoms with Crippen LogP contribution < -0.4 is 0 Å². The molecule has 76 valence electrons. The summed E-state index contributed by atoms with van der Waals surface area (Å²) in [5.74, 6) is 1.31. The summed E-state index contributed by atoms with van der Waals surface area (Å²) in [4.78, 5) is 0. The highest BCUT2D eigenvalue weighted by Gasteiger charge is 2.37. The lowest BCUT2D eigenvalue weighted by Gasteiger charge is -2.22. The predicted molar refractivity (Wildman–Crippen MR) is 51.9 cm³/mol. The first-order valence-electron chi connectivity index (χ1n) is 5.02. The summed E-state index contributed by atoms with van der Waals surface area (Å²) >= 11 is 0. The molecule has 0 amide bonds. The molecule has 13 heavy (non-hydrogen) atoms. The Morgan fingerprint density at radius 2 is 1.54 bits per heavy atom. The van der Waals surface area contributed by atoms with Crippen molar-refractivity contribution in [1.82, 2.24) is 4.31 Å². The van der Waals surface area contributed by atoms with Gasteiger partial charge in [-0.3, -0.25) is 0 Å². The largest absolute Gasteiger partial charge is 0.213 e. The quantitative estimate of drug-likeness (QED) is 0.639. The molecule has 2 atom stereocenters. The van der Waals surface area contributed by atoms with Crippen LogP contribution in [0, 0.1) is 11.8 Å². The maximum Gasteiger partial charge on any atom is 0.211 e. The Labute approximate surface area is 80.2 Å². The van der Waals surface area contributed by atoms with Crippen LogP contribution in [0.25, 0.3) is 0 Å². The standard InChI is InChI=1S/C9H17NO2S/c1-13(11,12)10-6-8-4-2-3-5-9(8)7-10/h8-9H,2-7H2,1H3. The second kappa shape index (κ2) is 3.24. The van der Waals surface area contributed by atoms with E-state index in [4.69, 9.17) is 0 Å². The number of sulfonamides is 1. The Morgan fingerprint density at radius 3 is 1.92 bits per heavy atom. The highest BCUT2D eigenvalue weighted by molar-refractivity contribution is 7.88. The van der Waals surface area contributed by atoms with Gasteiger partial charge in [-0.25, -0.2) is 12.7 Å². The third-order valence-corrected chi connectivity index (χ3v) is 4.65. The fourth-order valence-electron chi connectivity index (χ4n) is 2.63. The van der Waals surface area contributed by atoms with Crippen molar-refractivity contribution < 1.29 is 8.42 Å². The van der Waals surface area contributed by atoms with Crippen LogP contribution in [-0.2, 0) is 10.0 Å². The van der Waals surface area contributed by atoms with Crippen LogP contribution in [0.15, 0.2) is 0 Å². The molecule has 3 nitrogen and oxygen atoms in total. The second-order valence-electron chi connectivity index (χ2n) is 4.38. The van der Waals surface area contributed by atoms with E-state index in [-0.39, 0.29) is 0 Å². The van der Waals surface area contributed by atoms with Crippen LogP contribution >= 0.6 is 0 Å². The Morgan fingerprint density at radius 1 is 1.08 bits per heavy atom. The Kier molecular flexibility index (Phi) is 2.36. The van der Waals surface area contributed by atoms with Crippen LogP contribution in [0.4, 0.5) is 0 Å². The van der Waals surface area contributed by atoms with Gasteiger partial charge in [0.2, 0.25) is 10.0 Å². The summed E-state index contributed by atoms with van der Waals surface area (Å²) in [6.45, 7) is 1.56. The van der Waals surface area contributed by atoms with Crippen molar-refractivity contribution in [2.45, 2.75) is 25.7 Å². The molecular weight excluding hydrogens is 186 g/mol. The van der Waals surface area contributed by atoms with E-state index in [1.165, 1.54) is 31.9 Å². The lowest BCUT2D eigenvalue weighted by Crippen LogP contribution is -2.27. The molecule has 0 aromatic heterocycles. The molecule has 1 aliphatic heterocycles. The van der Waals surface area contributed by atoms with Gasteiger partial charge >= 0.3 is 0 Å². The van der Waals surface area contributed by atoms with Crippen molar-refractivity contribution in [3.8, 4) is 0 Å². The van der Waals surface area contributed by atoms with Gasteiger partial charge in [-0.1, -0.05) is 12.8 Å². The molecular formula is C9H17NO2S. The van der Waals surface area contributed by atoms with E-state index >= 15 is 0 Å². The van der Waals surface area contributed by atoms with Crippen LogP contribution in [0.2, 0.25) is 0 Å². The maximum absolute atomic E-state index is 11.3. The fraction of sp³-hybridized carbons (Fsp3) is 1.00. The lowest BCUT2D eigenvalue weighted by atomic mass is 9.82. The van der Waals surface area contributed by atoms with Crippen LogP contribution in [-0.4, -0.2) is 32.1 Å². The normalized spacial score (nSPS) is 36.1. The molecule has 1 saturated heterocycles. The Hall–Kier alpha value is -0.0900. The minimum absolute atomic E-state index is 0.656. The SMILES string of the molecule is CS(=O)(=O)N1CC2CCCCC2C1. The first-order chi connectivity index (χ1) is 6.07. The summed E-state index contributed by atoms with van der Waals surface area (Å²) in [6, 6.07) is 0. The highest BCUT2D eigenvalue weighted by Crippen LogP contribution is 2.36. The number of hydrogen-bond donors (Lipinski definition) is 0. The zero-order chi connectivity index (χ0) is 9.47. The smallest absolute Gasteiger partial charge is 0.211 e. The Balaban J connectivity index is 2.07. The van der Waals surface area contributed by atoms with Gasteiger partial charge in [-0.15, -0.1) is 0 Å². The number of fused-ring (bicyclic) bond motifs is 1. The summed E-state index contributed by atoms with van der Waals surface area (Å²) < 4.78 is 24.3. The third-order valence-electron chi connectivity index (χ3n) is 3.41. The van der Waals surface area contributed by atoms with Crippen molar-refractivity contribution in [1.29, 1.82) is 0 Å². The fourth-order valence-corrected chi connectivity index (χ4v) is 3.56. The molecule has 0 aromatic rings. The molecule has 2 unspecified atom stereocenters. The molecule has 4 heteroatoms. The van der Waals surface area contributed by atoms with E-state index in [0.717, 1.165) is 13.1 Å². The van der Waals surface area contributed by atoms with E-state index in [2.05, 4.69) is 0 Å². The highest BCUT2D eigenvalue weighted by atomic mass is 32.2. The van der Waals surface area contributed by atoms with Gasteiger partial charge in [0.1, 0.15) is 0 Å². The number of nitrogens with zero attached hydrogens (tertiary/aromatic N) is 1. The van der Waals surface area contributed by atoms with Crippen molar-refractivity contribution in [2.75, 3.05) is 19.3 Å². The zero-order valence-corrected chi connectivity index (χ0v) is 8.89. The summed E-state index contributed by atoms with van der Waals surface area (Å²) in [5, 5.41) is 0. The van der Waals surface area contributed by atoms with Crippen LogP contribution in [0.5, 0.6) is 0 Å². The molecule has 0 bridgehead atoms. The molecule has 2 rings (SSSR count). The van der Waals surface area contributed by atoms with Crippen molar-refractivity contribution in [3.05, 3.63) is 0 Å². The van der Waals surface area contributed by atoms with Gasteiger partial charge in [-0.05, 0) is 24.7 Å². The molecule has 2 aliphatic rings. The molecule has 1 aliphatic carbocycles. The molecule has 0 aromatic carbocycles. The third kappa shape index (κ3) is 1.89. The van der Waals surface area contributed by atoms with Crippen molar-refractivity contribution in [2.24, 2.45) is 11.8 Å². The summed E-state index contributed by atoms with van der Waals surface area (Å²) in [5.41, 5.74) is 0. The first-order valence-corrected chi connectivity index (χ1v) is 6.87. The number of hydrogen-bond acceptors (Lipinski definition) is 2. The molecule has 0 radical (unpaired) electrons. The van der Waals surface area contributed by atoms with Gasteiger partial charge in [0.25, 0.3) is 0 Å². The minimum Gasteiger partial charge on any atom is -0.213 e. The minimum atomic E-state index is -2.93. The van der Waals surface area contributed by atoms with Crippen LogP contribution in [0.3, 0.4) is 0 Å². The van der Waals surface area contributed by atoms with Gasteiger partial charge in [0, 0.05) is 13.1 Å². The van der Waals surface area contributed by atoms with Crippen molar-refractivity contribution >= 4 is 10.0 Å². The molecule has 1 heterocycles. The van der Waals surface area contributed by atoms with Gasteiger partial charge in [-0.2, -0.15) is 0 Å². The predicted octanol–water partition coefficient (Wildman–Crippen LogP) is 1.07. The average Bonchev–Trinajstić information content (AvgIpc) is 2.45. The van der Waals surface area contributed by atoms with E-state index in [1.54, 1.807) is 4.31 Å². The number of rotatable bonds is 1. The van der Waals surface area contributed by atoms with E-state index in [0.29, 0.717) is 11.8 Å². The average molecular weight is 203 g/mol. The maximum atomic E-state index is 11.3. The summed E-state index contributed by atoms with van der Waals surface area (Å²) in [7, 11) is -2.93. The zero-order valence-electron chi connectivity index (χ0n) is 8.07. The van der Waals surface area contributed by atoms with Crippen molar-refractivity contribution in [3.63, 3.8) is 0 Å². The molecule has 0 spiro atoms. The topological polar surface area (TPSA) is 37.4 Å². The van der Waals surface area contributed by atoms with Gasteiger partial charge in [0.05, 0.1) is 6.26 Å². The van der Waals surface area contributed by atoms with E-state index in [1.807, 2.05) is 0 Å². The monoisotopic (exact) mass is 203 g/mol. The molecule has 2 fully saturated rings. The van der Waals surface area contributed by atoms with E-state index < -0.39 is 10.0 Å². The molecule has 0 N–H and O–H groups in total. The van der Waals surface area contributed by atoms with Gasteiger partial charge < -0.3 is 0 Å². The Bertz CT molecular complexity index is 272. The van der Waals surface area contributed by atoms with Crippen LogP contribution in [0.1, 0.15) is 25.7 Å². The lowest BCUT2D eigenvalue weighted by molar-refractivity contribution is 0.299. The second-order valence-corrected chi connectivity index (χ2v) is 6.37.